The number of ether oxygens (including phenoxy) is 1. The van der Waals surface area contributed by atoms with E-state index in [0.29, 0.717) is 19.6 Å². The maximum Gasteiger partial charge on any atom is 0.330 e. The molecule has 0 saturated carbocycles. The summed E-state index contributed by atoms with van der Waals surface area (Å²) < 4.78 is 15.4. The number of carbonyl (C=O) groups excluding carboxylic acids is 1. The first-order valence-corrected chi connectivity index (χ1v) is 6.41. The molecule has 0 spiro atoms. The van der Waals surface area contributed by atoms with Gasteiger partial charge in [-0.05, 0) is 6.42 Å². The van der Waals surface area contributed by atoms with Crippen LogP contribution in [0.3, 0.4) is 0 Å². The maximum absolute atomic E-state index is 10.6. The molecular formula is C10H20O4Si. The Morgan fingerprint density at radius 1 is 1.27 bits per heavy atom. The normalized spacial score (nSPS) is 10.7. The number of carbonyl (C=O) groups is 1. The molecule has 0 N–H and O–H groups in total. The van der Waals surface area contributed by atoms with Crippen molar-refractivity contribution in [1.82, 2.24) is 0 Å². The highest BCUT2D eigenvalue weighted by molar-refractivity contribution is 6.17. The van der Waals surface area contributed by atoms with Crippen LogP contribution in [0.25, 0.3) is 0 Å². The van der Waals surface area contributed by atoms with Crippen LogP contribution in [0.4, 0.5) is 0 Å². The lowest BCUT2D eigenvalue weighted by atomic mass is 10.4. The van der Waals surface area contributed by atoms with Crippen LogP contribution in [-0.4, -0.2) is 35.8 Å². The average Bonchev–Trinajstić information content (AvgIpc) is 2.26. The highest BCUT2D eigenvalue weighted by atomic mass is 28.3. The van der Waals surface area contributed by atoms with Crippen LogP contribution in [0.15, 0.2) is 12.7 Å². The zero-order chi connectivity index (χ0) is 11.4. The van der Waals surface area contributed by atoms with Gasteiger partial charge in [-0.2, -0.15) is 0 Å². The van der Waals surface area contributed by atoms with Gasteiger partial charge in [-0.3, -0.25) is 0 Å². The number of hydrogen-bond donors (Lipinski definition) is 0. The fraction of sp³-hybridized carbons (Fsp3) is 0.700. The minimum atomic E-state index is -0.822. The minimum Gasteiger partial charge on any atom is -0.462 e. The highest BCUT2D eigenvalue weighted by Gasteiger charge is 1.95. The first-order valence-electron chi connectivity index (χ1n) is 5.26. The molecule has 0 fully saturated rings. The molecule has 4 nitrogen and oxygen atoms in total. The summed E-state index contributed by atoms with van der Waals surface area (Å²) in [6, 6.07) is 0. The summed E-state index contributed by atoms with van der Waals surface area (Å²) in [5, 5.41) is 0. The summed E-state index contributed by atoms with van der Waals surface area (Å²) in [6.07, 6.45) is 4.10. The Morgan fingerprint density at radius 3 is 2.53 bits per heavy atom. The Morgan fingerprint density at radius 2 is 1.93 bits per heavy atom. The van der Waals surface area contributed by atoms with E-state index in [4.69, 9.17) is 13.6 Å². The predicted octanol–water partition coefficient (Wildman–Crippen LogP) is 0.938. The van der Waals surface area contributed by atoms with Gasteiger partial charge in [-0.25, -0.2) is 4.79 Å². The van der Waals surface area contributed by atoms with Crippen LogP contribution in [0.5, 0.6) is 0 Å². The second kappa shape index (κ2) is 11.4. The average molecular weight is 232 g/mol. The van der Waals surface area contributed by atoms with Crippen molar-refractivity contribution in [2.75, 3.05) is 19.8 Å². The maximum atomic E-state index is 10.6. The summed E-state index contributed by atoms with van der Waals surface area (Å²) in [6.45, 7) is 7.21. The minimum absolute atomic E-state index is 0.383. The quantitative estimate of drug-likeness (QED) is 0.243. The fourth-order valence-electron chi connectivity index (χ4n) is 0.816. The van der Waals surface area contributed by atoms with Crippen molar-refractivity contribution in [2.45, 2.75) is 26.2 Å². The van der Waals surface area contributed by atoms with E-state index in [0.717, 1.165) is 25.5 Å². The largest absolute Gasteiger partial charge is 0.462 e. The number of unbranched alkanes of at least 4 members (excludes halogenated alkanes) is 1. The van der Waals surface area contributed by atoms with E-state index in [1.165, 1.54) is 0 Å². The summed E-state index contributed by atoms with van der Waals surface area (Å²) >= 11 is 0. The fourth-order valence-corrected chi connectivity index (χ4v) is 1.58. The van der Waals surface area contributed by atoms with Crippen molar-refractivity contribution >= 4 is 16.0 Å². The molecular weight excluding hydrogens is 212 g/mol. The third kappa shape index (κ3) is 11.3. The topological polar surface area (TPSA) is 44.8 Å². The summed E-state index contributed by atoms with van der Waals surface area (Å²) in [5.74, 6) is -0.383. The lowest BCUT2D eigenvalue weighted by Gasteiger charge is -2.05. The molecule has 88 valence electrons. The zero-order valence-electron chi connectivity index (χ0n) is 9.37. The van der Waals surface area contributed by atoms with Gasteiger partial charge in [0, 0.05) is 25.7 Å². The van der Waals surface area contributed by atoms with Gasteiger partial charge in [0.2, 0.25) is 0 Å². The first-order chi connectivity index (χ1) is 7.31. The van der Waals surface area contributed by atoms with Crippen molar-refractivity contribution in [1.29, 1.82) is 0 Å². The Bertz CT molecular complexity index is 173. The standard InChI is InChI=1S/C10H20O4Si/c1-3-5-8-13-15-14-9-6-7-12-10(11)4-2/h4H,2-3,5-9,15H2,1H3. The van der Waals surface area contributed by atoms with E-state index in [9.17, 15) is 4.79 Å². The Balaban J connectivity index is 2.98. The molecule has 0 heterocycles. The second-order valence-corrected chi connectivity index (χ2v) is 4.07. The zero-order valence-corrected chi connectivity index (χ0v) is 10.8. The molecule has 0 unspecified atom stereocenters. The van der Waals surface area contributed by atoms with Crippen molar-refractivity contribution in [2.24, 2.45) is 0 Å². The third-order valence-electron chi connectivity index (χ3n) is 1.65. The number of rotatable bonds is 10. The monoisotopic (exact) mass is 232 g/mol. The number of hydrogen-bond acceptors (Lipinski definition) is 4. The van der Waals surface area contributed by atoms with Gasteiger partial charge in [0.05, 0.1) is 6.61 Å². The smallest absolute Gasteiger partial charge is 0.330 e. The highest BCUT2D eigenvalue weighted by Crippen LogP contribution is 1.89. The summed E-state index contributed by atoms with van der Waals surface area (Å²) in [4.78, 5) is 10.6. The molecule has 0 aromatic heterocycles. The molecule has 0 aliphatic carbocycles. The molecule has 0 aliphatic rings. The van der Waals surface area contributed by atoms with E-state index in [2.05, 4.69) is 13.5 Å². The summed E-state index contributed by atoms with van der Waals surface area (Å²) in [5.41, 5.74) is 0. The molecule has 0 aromatic rings. The van der Waals surface area contributed by atoms with E-state index in [1.807, 2.05) is 0 Å². The third-order valence-corrected chi connectivity index (χ3v) is 2.56. The molecule has 0 saturated heterocycles. The van der Waals surface area contributed by atoms with Crippen molar-refractivity contribution in [3.05, 3.63) is 12.7 Å². The predicted molar refractivity (Wildman–Crippen MR) is 61.1 cm³/mol. The van der Waals surface area contributed by atoms with E-state index in [-0.39, 0.29) is 5.97 Å². The van der Waals surface area contributed by atoms with Crippen molar-refractivity contribution in [3.8, 4) is 0 Å². The molecule has 0 rings (SSSR count). The van der Waals surface area contributed by atoms with Crippen molar-refractivity contribution in [3.63, 3.8) is 0 Å². The van der Waals surface area contributed by atoms with Gasteiger partial charge in [-0.15, -0.1) is 0 Å². The van der Waals surface area contributed by atoms with Crippen LogP contribution >= 0.6 is 0 Å². The van der Waals surface area contributed by atoms with Crippen molar-refractivity contribution < 1.29 is 18.4 Å². The van der Waals surface area contributed by atoms with E-state index in [1.54, 1.807) is 0 Å². The Kier molecular flexibility index (Phi) is 10.9. The molecule has 0 bridgehead atoms. The van der Waals surface area contributed by atoms with Gasteiger partial charge in [0.25, 0.3) is 0 Å². The van der Waals surface area contributed by atoms with Gasteiger partial charge >= 0.3 is 16.0 Å². The lowest BCUT2D eigenvalue weighted by Crippen LogP contribution is -2.09. The van der Waals surface area contributed by atoms with Gasteiger partial charge < -0.3 is 13.6 Å². The van der Waals surface area contributed by atoms with Gasteiger partial charge in [-0.1, -0.05) is 19.9 Å². The van der Waals surface area contributed by atoms with Gasteiger partial charge in [0.1, 0.15) is 0 Å². The van der Waals surface area contributed by atoms with Crippen LogP contribution in [0.2, 0.25) is 0 Å². The molecule has 0 aliphatic heterocycles. The molecule has 15 heavy (non-hydrogen) atoms. The molecule has 0 aromatic carbocycles. The Hall–Kier alpha value is -0.653. The SMILES string of the molecule is C=CC(=O)OCCCO[SiH2]OCCCC. The molecule has 5 heteroatoms. The van der Waals surface area contributed by atoms with Gasteiger partial charge in [0.15, 0.2) is 0 Å². The molecule has 0 amide bonds. The molecule has 0 atom stereocenters. The molecule has 0 radical (unpaired) electrons. The van der Waals surface area contributed by atoms with Crippen LogP contribution < -0.4 is 0 Å². The lowest BCUT2D eigenvalue weighted by molar-refractivity contribution is -0.137. The Labute approximate surface area is 93.7 Å². The first kappa shape index (κ1) is 14.3. The number of esters is 1. The van der Waals surface area contributed by atoms with Crippen LogP contribution in [0.1, 0.15) is 26.2 Å². The van der Waals surface area contributed by atoms with E-state index < -0.39 is 10.0 Å². The van der Waals surface area contributed by atoms with Crippen LogP contribution in [-0.2, 0) is 18.4 Å². The van der Waals surface area contributed by atoms with Crippen LogP contribution in [0, 0.1) is 0 Å². The van der Waals surface area contributed by atoms with E-state index >= 15 is 0 Å². The second-order valence-electron chi connectivity index (χ2n) is 3.01. The summed E-state index contributed by atoms with van der Waals surface area (Å²) in [7, 11) is -0.822.